The van der Waals surface area contributed by atoms with Crippen molar-refractivity contribution in [2.45, 2.75) is 19.1 Å². The molecule has 0 spiro atoms. The molecule has 4 aromatic carbocycles. The average Bonchev–Trinajstić information content (AvgIpc) is 3.88. The van der Waals surface area contributed by atoms with Gasteiger partial charge < -0.3 is 30.7 Å². The fourth-order valence-corrected chi connectivity index (χ4v) is 5.82. The SMILES string of the molecule is Cc1nn(-c2ccccc2)nc1C(=O)Nc1ccc([C@H]2CNCCO2)cc1.O=C(Nc1ccc([C@H]2CNCCO2)cc1)c1cnn(-c2ccccc2)n1. The van der Waals surface area contributed by atoms with Gasteiger partial charge in [0.1, 0.15) is 0 Å². The van der Waals surface area contributed by atoms with Crippen LogP contribution in [0.1, 0.15) is 50.0 Å². The summed E-state index contributed by atoms with van der Waals surface area (Å²) in [5.74, 6) is -0.575. The first-order valence-corrected chi connectivity index (χ1v) is 17.4. The number of anilines is 2. The number of para-hydroxylation sites is 2. The van der Waals surface area contributed by atoms with E-state index in [-0.39, 0.29) is 29.7 Å². The summed E-state index contributed by atoms with van der Waals surface area (Å²) >= 11 is 0. The number of nitrogens with zero attached hydrogens (tertiary/aromatic N) is 6. The number of morpholine rings is 2. The number of nitrogens with one attached hydrogen (secondary N) is 4. The molecule has 14 nitrogen and oxygen atoms in total. The summed E-state index contributed by atoms with van der Waals surface area (Å²) in [6.07, 6.45) is 1.56. The van der Waals surface area contributed by atoms with Crippen molar-refractivity contribution in [1.29, 1.82) is 0 Å². The van der Waals surface area contributed by atoms with Gasteiger partial charge in [-0.15, -0.1) is 10.2 Å². The molecule has 0 bridgehead atoms. The van der Waals surface area contributed by atoms with Crippen LogP contribution >= 0.6 is 0 Å². The van der Waals surface area contributed by atoms with Crippen LogP contribution in [0.15, 0.2) is 115 Å². The fourth-order valence-electron chi connectivity index (χ4n) is 5.82. The van der Waals surface area contributed by atoms with Gasteiger partial charge in [-0.3, -0.25) is 9.59 Å². The number of benzene rings is 4. The van der Waals surface area contributed by atoms with Gasteiger partial charge in [0.2, 0.25) is 0 Å². The topological polar surface area (TPSA) is 162 Å². The van der Waals surface area contributed by atoms with Crippen LogP contribution in [0, 0.1) is 6.92 Å². The van der Waals surface area contributed by atoms with E-state index in [2.05, 4.69) is 41.7 Å². The highest BCUT2D eigenvalue weighted by atomic mass is 16.5. The van der Waals surface area contributed by atoms with Gasteiger partial charge in [0.25, 0.3) is 11.8 Å². The molecule has 0 unspecified atom stereocenters. The Labute approximate surface area is 306 Å². The molecule has 6 aromatic rings. The Hall–Kier alpha value is -6.06. The van der Waals surface area contributed by atoms with Crippen molar-refractivity contribution in [3.63, 3.8) is 0 Å². The molecule has 2 fully saturated rings. The predicted molar refractivity (Wildman–Crippen MR) is 199 cm³/mol. The van der Waals surface area contributed by atoms with Crippen LogP contribution in [-0.4, -0.2) is 81.2 Å². The van der Waals surface area contributed by atoms with E-state index in [0.29, 0.717) is 36.0 Å². The van der Waals surface area contributed by atoms with Crippen molar-refractivity contribution in [3.8, 4) is 11.4 Å². The largest absolute Gasteiger partial charge is 0.371 e. The Morgan fingerprint density at radius 1 is 0.642 bits per heavy atom. The third kappa shape index (κ3) is 9.06. The molecule has 2 atom stereocenters. The van der Waals surface area contributed by atoms with E-state index in [4.69, 9.17) is 9.47 Å². The van der Waals surface area contributed by atoms with Gasteiger partial charge in [-0.2, -0.15) is 19.8 Å². The van der Waals surface area contributed by atoms with Gasteiger partial charge in [0, 0.05) is 37.6 Å². The van der Waals surface area contributed by atoms with E-state index in [9.17, 15) is 9.59 Å². The molecule has 2 saturated heterocycles. The van der Waals surface area contributed by atoms with Gasteiger partial charge in [-0.1, -0.05) is 60.7 Å². The third-order valence-electron chi connectivity index (χ3n) is 8.63. The van der Waals surface area contributed by atoms with Crippen LogP contribution in [0.5, 0.6) is 0 Å². The van der Waals surface area contributed by atoms with Crippen LogP contribution in [0.25, 0.3) is 11.4 Å². The van der Waals surface area contributed by atoms with E-state index in [1.165, 1.54) is 15.8 Å². The average molecular weight is 713 g/mol. The number of hydrogen-bond acceptors (Lipinski definition) is 10. The number of carbonyl (C=O) groups is 2. The predicted octanol–water partition coefficient (Wildman–Crippen LogP) is 4.67. The molecule has 0 radical (unpaired) electrons. The Kier molecular flexibility index (Phi) is 11.3. The highest BCUT2D eigenvalue weighted by Gasteiger charge is 2.19. The molecular weight excluding hydrogens is 672 g/mol. The highest BCUT2D eigenvalue weighted by Crippen LogP contribution is 2.22. The first-order chi connectivity index (χ1) is 26.0. The van der Waals surface area contributed by atoms with Crippen LogP contribution in [0.2, 0.25) is 0 Å². The zero-order valence-corrected chi connectivity index (χ0v) is 29.2. The Balaban J connectivity index is 0.000000164. The number of ether oxygens (including phenoxy) is 2. The molecule has 2 amide bonds. The number of carbonyl (C=O) groups excluding carboxylic acids is 2. The quantitative estimate of drug-likeness (QED) is 0.175. The third-order valence-corrected chi connectivity index (χ3v) is 8.63. The van der Waals surface area contributed by atoms with Crippen molar-refractivity contribution in [2.75, 3.05) is 50.0 Å². The van der Waals surface area contributed by atoms with Crippen LogP contribution in [-0.2, 0) is 9.47 Å². The molecule has 0 saturated carbocycles. The molecule has 14 heteroatoms. The summed E-state index contributed by atoms with van der Waals surface area (Å²) in [4.78, 5) is 27.9. The lowest BCUT2D eigenvalue weighted by Gasteiger charge is -2.24. The lowest BCUT2D eigenvalue weighted by Crippen LogP contribution is -2.33. The molecule has 270 valence electrons. The second-order valence-electron chi connectivity index (χ2n) is 12.4. The Morgan fingerprint density at radius 3 is 1.66 bits per heavy atom. The highest BCUT2D eigenvalue weighted by molar-refractivity contribution is 6.03. The normalized spacial score (nSPS) is 16.9. The molecule has 2 aliphatic rings. The first-order valence-electron chi connectivity index (χ1n) is 17.4. The lowest BCUT2D eigenvalue weighted by atomic mass is 10.1. The summed E-state index contributed by atoms with van der Waals surface area (Å²) in [5.41, 5.74) is 6.35. The lowest BCUT2D eigenvalue weighted by molar-refractivity contribution is 0.0276. The molecule has 53 heavy (non-hydrogen) atoms. The molecule has 8 rings (SSSR count). The molecule has 4 N–H and O–H groups in total. The molecule has 2 aromatic heterocycles. The number of aryl methyl sites for hydroxylation is 1. The standard InChI is InChI=1S/C20H21N5O2.C19H19N5O2/c1-14-19(24-25(23-14)17-5-3-2-4-6-17)20(26)22-16-9-7-15(8-10-16)18-13-21-11-12-27-18;25-19(17-12-21-24(23-17)16-4-2-1-3-5-16)22-15-8-6-14(7-9-15)18-13-20-10-11-26-18/h2-10,18,21H,11-13H2,1H3,(H,22,26);1-9,12,18,20H,10-11,13H2,(H,22,25)/t2*18-/m11/s1. The maximum atomic E-state index is 12.6. The van der Waals surface area contributed by atoms with Gasteiger partial charge in [0.05, 0.1) is 48.7 Å². The van der Waals surface area contributed by atoms with Crippen LogP contribution in [0.4, 0.5) is 11.4 Å². The summed E-state index contributed by atoms with van der Waals surface area (Å²) in [6.45, 7) is 6.56. The summed E-state index contributed by atoms with van der Waals surface area (Å²) in [6, 6.07) is 34.3. The van der Waals surface area contributed by atoms with E-state index < -0.39 is 0 Å². The van der Waals surface area contributed by atoms with Crippen molar-refractivity contribution in [3.05, 3.63) is 144 Å². The van der Waals surface area contributed by atoms with Gasteiger partial charge >= 0.3 is 0 Å². The van der Waals surface area contributed by atoms with Crippen LogP contribution < -0.4 is 21.3 Å². The maximum Gasteiger partial charge on any atom is 0.278 e. The summed E-state index contributed by atoms with van der Waals surface area (Å²) in [7, 11) is 0. The van der Waals surface area contributed by atoms with Crippen molar-refractivity contribution >= 4 is 23.2 Å². The van der Waals surface area contributed by atoms with Crippen molar-refractivity contribution in [2.24, 2.45) is 0 Å². The van der Waals surface area contributed by atoms with Crippen LogP contribution in [0.3, 0.4) is 0 Å². The van der Waals surface area contributed by atoms with E-state index in [0.717, 1.165) is 48.7 Å². The minimum Gasteiger partial charge on any atom is -0.371 e. The molecule has 0 aliphatic carbocycles. The second kappa shape index (κ2) is 17.0. The Bertz CT molecular complexity index is 2090. The fraction of sp³-hybridized carbons (Fsp3) is 0.231. The number of rotatable bonds is 8. The summed E-state index contributed by atoms with van der Waals surface area (Å²) in [5, 5.41) is 29.4. The van der Waals surface area contributed by atoms with Gasteiger partial charge in [-0.25, -0.2) is 0 Å². The van der Waals surface area contributed by atoms with Crippen molar-refractivity contribution in [1.82, 2.24) is 40.6 Å². The van der Waals surface area contributed by atoms with E-state index in [1.54, 1.807) is 6.92 Å². The monoisotopic (exact) mass is 712 g/mol. The molecule has 2 aliphatic heterocycles. The number of hydrogen-bond donors (Lipinski definition) is 4. The zero-order chi connectivity index (χ0) is 36.4. The number of aromatic nitrogens is 6. The molecular formula is C39H40N10O4. The van der Waals surface area contributed by atoms with Gasteiger partial charge in [-0.05, 0) is 66.6 Å². The van der Waals surface area contributed by atoms with E-state index in [1.807, 2.05) is 109 Å². The van der Waals surface area contributed by atoms with E-state index >= 15 is 0 Å². The second-order valence-corrected chi connectivity index (χ2v) is 12.4. The number of amides is 2. The smallest absolute Gasteiger partial charge is 0.278 e. The Morgan fingerprint density at radius 2 is 1.15 bits per heavy atom. The first kappa shape index (κ1) is 35.3. The minimum atomic E-state index is -0.296. The minimum absolute atomic E-state index is 0.0523. The molecule has 4 heterocycles. The van der Waals surface area contributed by atoms with Gasteiger partial charge in [0.15, 0.2) is 11.4 Å². The summed E-state index contributed by atoms with van der Waals surface area (Å²) < 4.78 is 11.5. The zero-order valence-electron chi connectivity index (χ0n) is 29.2. The maximum absolute atomic E-state index is 12.6. The van der Waals surface area contributed by atoms with Crippen molar-refractivity contribution < 1.29 is 19.1 Å².